The van der Waals surface area contributed by atoms with Crippen LogP contribution in [0.1, 0.15) is 31.1 Å². The molecule has 0 bridgehead atoms. The molecule has 1 aromatic carbocycles. The van der Waals surface area contributed by atoms with Crippen molar-refractivity contribution < 1.29 is 9.90 Å². The largest absolute Gasteiger partial charge is 0.383 e. The van der Waals surface area contributed by atoms with Gasteiger partial charge in [0.05, 0.1) is 0 Å². The molecule has 0 saturated carbocycles. The molecule has 0 unspecified atom stereocenters. The molecule has 1 amide bonds. The zero-order valence-corrected chi connectivity index (χ0v) is 14.9. The molecule has 6 nitrogen and oxygen atoms in total. The van der Waals surface area contributed by atoms with E-state index in [0.717, 1.165) is 24.5 Å². The van der Waals surface area contributed by atoms with E-state index in [4.69, 9.17) is 0 Å². The Morgan fingerprint density at radius 3 is 2.60 bits per heavy atom. The fourth-order valence-corrected chi connectivity index (χ4v) is 3.16. The minimum atomic E-state index is -0.930. The Kier molecular flexibility index (Phi) is 5.48. The number of nitrogens with zero attached hydrogens (tertiary/aromatic N) is 4. The normalized spacial score (nSPS) is 15.8. The molecule has 2 aromatic rings. The van der Waals surface area contributed by atoms with E-state index >= 15 is 0 Å². The monoisotopic (exact) mass is 342 g/mol. The lowest BCUT2D eigenvalue weighted by Crippen LogP contribution is -2.43. The number of aliphatic hydroxyl groups excluding tert-OH is 1. The first-order chi connectivity index (χ1) is 12.1. The highest BCUT2D eigenvalue weighted by Crippen LogP contribution is 2.14. The van der Waals surface area contributed by atoms with E-state index < -0.39 is 6.10 Å². The molecule has 25 heavy (non-hydrogen) atoms. The molecule has 0 spiro atoms. The molecular weight excluding hydrogens is 316 g/mol. The lowest BCUT2D eigenvalue weighted by atomic mass is 10.1. The summed E-state index contributed by atoms with van der Waals surface area (Å²) in [5.41, 5.74) is 1.28. The highest BCUT2D eigenvalue weighted by Gasteiger charge is 2.27. The number of hydrogen-bond acceptors (Lipinski definition) is 4. The molecule has 1 N–H and O–H groups in total. The van der Waals surface area contributed by atoms with Gasteiger partial charge in [0.2, 0.25) is 0 Å². The summed E-state index contributed by atoms with van der Waals surface area (Å²) in [5.74, 6) is 1.64. The Morgan fingerprint density at radius 2 is 1.88 bits per heavy atom. The average molecular weight is 342 g/mol. The Labute approximate surface area is 148 Å². The summed E-state index contributed by atoms with van der Waals surface area (Å²) in [6, 6.07) is 10.3. The summed E-state index contributed by atoms with van der Waals surface area (Å²) >= 11 is 0. The lowest BCUT2D eigenvalue weighted by Gasteiger charge is -2.24. The van der Waals surface area contributed by atoms with E-state index in [2.05, 4.69) is 26.9 Å². The molecule has 1 atom stereocenters. The van der Waals surface area contributed by atoms with Crippen molar-refractivity contribution in [3.63, 3.8) is 0 Å². The van der Waals surface area contributed by atoms with Crippen LogP contribution < -0.4 is 0 Å². The van der Waals surface area contributed by atoms with Crippen LogP contribution >= 0.6 is 0 Å². The molecule has 2 heterocycles. The number of aromatic nitrogens is 3. The smallest absolute Gasteiger partial charge is 0.251 e. The number of hydrogen-bond donors (Lipinski definition) is 1. The molecule has 6 heteroatoms. The van der Waals surface area contributed by atoms with E-state index in [9.17, 15) is 9.90 Å². The van der Waals surface area contributed by atoms with E-state index in [1.807, 2.05) is 32.0 Å². The minimum absolute atomic E-state index is 0.0732. The van der Waals surface area contributed by atoms with E-state index in [-0.39, 0.29) is 11.8 Å². The first-order valence-corrected chi connectivity index (χ1v) is 8.98. The molecule has 1 aromatic heterocycles. The molecular formula is C19H26N4O2. The van der Waals surface area contributed by atoms with Crippen LogP contribution in [0.5, 0.6) is 0 Å². The van der Waals surface area contributed by atoms with Crippen LogP contribution in [0.4, 0.5) is 0 Å². The van der Waals surface area contributed by atoms with Crippen molar-refractivity contribution in [3.05, 3.63) is 47.5 Å². The number of benzene rings is 1. The number of rotatable bonds is 5. The van der Waals surface area contributed by atoms with Crippen LogP contribution in [0.3, 0.4) is 0 Å². The van der Waals surface area contributed by atoms with Crippen LogP contribution in [-0.4, -0.2) is 49.9 Å². The maximum Gasteiger partial charge on any atom is 0.251 e. The molecule has 1 aliphatic heterocycles. The van der Waals surface area contributed by atoms with Crippen LogP contribution in [0.15, 0.2) is 30.3 Å². The van der Waals surface area contributed by atoms with Gasteiger partial charge >= 0.3 is 0 Å². The molecule has 134 valence electrons. The standard InChI is InChI=1S/C19H26N4O2/c1-14(2)18(24)19(25)22-11-10-17-21-20-16(23(17)13-12-22)9-8-15-6-4-3-5-7-15/h3-7,14,18,24H,8-13H2,1-2H3/t18-/m1/s1. The molecule has 1 aliphatic rings. The Bertz CT molecular complexity index is 711. The zero-order valence-electron chi connectivity index (χ0n) is 14.9. The summed E-state index contributed by atoms with van der Waals surface area (Å²) < 4.78 is 2.14. The van der Waals surface area contributed by atoms with Gasteiger partial charge in [-0.3, -0.25) is 4.79 Å². The number of carbonyl (C=O) groups excluding carboxylic acids is 1. The Balaban J connectivity index is 1.65. The summed E-state index contributed by atoms with van der Waals surface area (Å²) in [6.45, 7) is 5.57. The first-order valence-electron chi connectivity index (χ1n) is 8.98. The van der Waals surface area contributed by atoms with Crippen LogP contribution in [0, 0.1) is 5.92 Å². The van der Waals surface area contributed by atoms with Gasteiger partial charge in [-0.2, -0.15) is 0 Å². The van der Waals surface area contributed by atoms with Crippen molar-refractivity contribution in [2.24, 2.45) is 5.92 Å². The van der Waals surface area contributed by atoms with Gasteiger partial charge in [0.15, 0.2) is 0 Å². The summed E-state index contributed by atoms with van der Waals surface area (Å²) in [5, 5.41) is 18.7. The van der Waals surface area contributed by atoms with E-state index in [1.165, 1.54) is 5.56 Å². The molecule has 0 radical (unpaired) electrons. The van der Waals surface area contributed by atoms with Crippen molar-refractivity contribution in [2.45, 2.75) is 45.8 Å². The van der Waals surface area contributed by atoms with Gasteiger partial charge in [-0.1, -0.05) is 44.2 Å². The number of aryl methyl sites for hydroxylation is 2. The third-order valence-electron chi connectivity index (χ3n) is 4.78. The second kappa shape index (κ2) is 7.78. The second-order valence-electron chi connectivity index (χ2n) is 6.93. The maximum atomic E-state index is 12.4. The van der Waals surface area contributed by atoms with E-state index in [1.54, 1.807) is 4.90 Å². The summed E-state index contributed by atoms with van der Waals surface area (Å²) in [7, 11) is 0. The van der Waals surface area contributed by atoms with Crippen LogP contribution in [0.25, 0.3) is 0 Å². The summed E-state index contributed by atoms with van der Waals surface area (Å²) in [4.78, 5) is 14.1. The number of carbonyl (C=O) groups is 1. The molecule has 0 fully saturated rings. The third kappa shape index (κ3) is 4.07. The van der Waals surface area contributed by atoms with Gasteiger partial charge in [0, 0.05) is 32.5 Å². The van der Waals surface area contributed by atoms with Gasteiger partial charge in [-0.15, -0.1) is 10.2 Å². The fourth-order valence-electron chi connectivity index (χ4n) is 3.16. The molecule has 0 saturated heterocycles. The fraction of sp³-hybridized carbons (Fsp3) is 0.526. The average Bonchev–Trinajstić information content (AvgIpc) is 2.89. The Hall–Kier alpha value is -2.21. The predicted molar refractivity (Wildman–Crippen MR) is 95.0 cm³/mol. The highest BCUT2D eigenvalue weighted by molar-refractivity contribution is 5.80. The van der Waals surface area contributed by atoms with Crippen molar-refractivity contribution >= 4 is 5.91 Å². The topological polar surface area (TPSA) is 71.2 Å². The van der Waals surface area contributed by atoms with Crippen LogP contribution in [0.2, 0.25) is 0 Å². The SMILES string of the molecule is CC(C)[C@@H](O)C(=O)N1CCc2nnc(CCc3ccccc3)n2CC1. The van der Waals surface area contributed by atoms with Crippen molar-refractivity contribution in [2.75, 3.05) is 13.1 Å². The number of fused-ring (bicyclic) bond motifs is 1. The van der Waals surface area contributed by atoms with Gasteiger partial charge in [-0.05, 0) is 17.9 Å². The number of amides is 1. The van der Waals surface area contributed by atoms with Crippen molar-refractivity contribution in [3.8, 4) is 0 Å². The van der Waals surface area contributed by atoms with Crippen molar-refractivity contribution in [1.82, 2.24) is 19.7 Å². The van der Waals surface area contributed by atoms with Crippen molar-refractivity contribution in [1.29, 1.82) is 0 Å². The zero-order chi connectivity index (χ0) is 17.8. The van der Waals surface area contributed by atoms with Gasteiger partial charge in [0.25, 0.3) is 5.91 Å². The Morgan fingerprint density at radius 1 is 1.12 bits per heavy atom. The number of aliphatic hydroxyl groups is 1. The second-order valence-corrected chi connectivity index (χ2v) is 6.93. The molecule has 3 rings (SSSR count). The summed E-state index contributed by atoms with van der Waals surface area (Å²) in [6.07, 6.45) is 1.50. The minimum Gasteiger partial charge on any atom is -0.383 e. The van der Waals surface area contributed by atoms with Gasteiger partial charge in [-0.25, -0.2) is 0 Å². The first kappa shape index (κ1) is 17.6. The van der Waals surface area contributed by atoms with Gasteiger partial charge in [0.1, 0.15) is 17.8 Å². The van der Waals surface area contributed by atoms with Gasteiger partial charge < -0.3 is 14.6 Å². The highest BCUT2D eigenvalue weighted by atomic mass is 16.3. The van der Waals surface area contributed by atoms with E-state index in [0.29, 0.717) is 26.1 Å². The predicted octanol–water partition coefficient (Wildman–Crippen LogP) is 1.46. The quantitative estimate of drug-likeness (QED) is 0.893. The van der Waals surface area contributed by atoms with Crippen LogP contribution in [-0.2, 0) is 30.6 Å². The third-order valence-corrected chi connectivity index (χ3v) is 4.78. The lowest BCUT2D eigenvalue weighted by molar-refractivity contribution is -0.142. The maximum absolute atomic E-state index is 12.4. The molecule has 0 aliphatic carbocycles.